The molecule has 5 nitrogen and oxygen atoms in total. The van der Waals surface area contributed by atoms with E-state index in [2.05, 4.69) is 4.57 Å². The third-order valence-electron chi connectivity index (χ3n) is 6.40. The summed E-state index contributed by atoms with van der Waals surface area (Å²) >= 11 is 0. The lowest BCUT2D eigenvalue weighted by Crippen LogP contribution is -2.47. The Balaban J connectivity index is 1.71. The zero-order valence-corrected chi connectivity index (χ0v) is 17.3. The number of hydrogen-bond donors (Lipinski definition) is 1. The van der Waals surface area contributed by atoms with Crippen molar-refractivity contribution >= 4 is 11.7 Å². The molecule has 5 heteroatoms. The second kappa shape index (κ2) is 8.27. The number of amides is 1. The second-order valence-corrected chi connectivity index (χ2v) is 8.30. The van der Waals surface area contributed by atoms with Gasteiger partial charge in [-0.25, -0.2) is 9.13 Å². The van der Waals surface area contributed by atoms with Gasteiger partial charge in [-0.05, 0) is 43.2 Å². The minimum absolute atomic E-state index is 0.0912. The van der Waals surface area contributed by atoms with Crippen LogP contribution in [0.4, 0.5) is 0 Å². The molecular weight excluding hydrogens is 374 g/mol. The van der Waals surface area contributed by atoms with Crippen LogP contribution in [0.3, 0.4) is 0 Å². The van der Waals surface area contributed by atoms with Gasteiger partial charge in [-0.2, -0.15) is 0 Å². The summed E-state index contributed by atoms with van der Waals surface area (Å²) in [6, 6.07) is 20.1. The lowest BCUT2D eigenvalue weighted by atomic mass is 9.64. The summed E-state index contributed by atoms with van der Waals surface area (Å²) in [5, 5.41) is 0. The highest BCUT2D eigenvalue weighted by molar-refractivity contribution is 5.91. The fourth-order valence-corrected chi connectivity index (χ4v) is 5.13. The van der Waals surface area contributed by atoms with Gasteiger partial charge in [-0.3, -0.25) is 9.59 Å². The van der Waals surface area contributed by atoms with Crippen molar-refractivity contribution in [1.29, 1.82) is 0 Å². The Bertz CT molecular complexity index is 987. The summed E-state index contributed by atoms with van der Waals surface area (Å²) in [5.41, 5.74) is 7.21. The molecule has 0 spiro atoms. The Hall–Kier alpha value is -3.21. The number of carbonyl (C=O) groups excluding carboxylic acids is 2. The second-order valence-electron chi connectivity index (χ2n) is 8.30. The first kappa shape index (κ1) is 20.1. The zero-order valence-electron chi connectivity index (χ0n) is 17.3. The molecule has 2 unspecified atom stereocenters. The summed E-state index contributed by atoms with van der Waals surface area (Å²) < 4.78 is 4.08. The van der Waals surface area contributed by atoms with Gasteiger partial charge in [-0.1, -0.05) is 60.7 Å². The van der Waals surface area contributed by atoms with Crippen molar-refractivity contribution in [2.45, 2.75) is 44.2 Å². The molecule has 2 aromatic carbocycles. The Morgan fingerprint density at radius 3 is 2.17 bits per heavy atom. The number of rotatable bonds is 7. The maximum Gasteiger partial charge on any atom is 0.244 e. The molecule has 3 aromatic rings. The largest absolute Gasteiger partial charge is 0.369 e. The minimum atomic E-state index is -0.861. The number of imidazole rings is 1. The van der Waals surface area contributed by atoms with Crippen molar-refractivity contribution in [2.24, 2.45) is 11.7 Å². The third kappa shape index (κ3) is 3.56. The van der Waals surface area contributed by atoms with E-state index in [-0.39, 0.29) is 23.7 Å². The zero-order chi connectivity index (χ0) is 21.1. The van der Waals surface area contributed by atoms with Crippen LogP contribution in [-0.2, 0) is 21.5 Å². The maximum atomic E-state index is 13.2. The van der Waals surface area contributed by atoms with E-state index in [1.165, 1.54) is 0 Å². The number of Topliss-reactive ketones (excluding diaryl/α,β-unsaturated/α-hetero) is 1. The molecule has 1 fully saturated rings. The first-order valence-corrected chi connectivity index (χ1v) is 10.5. The van der Waals surface area contributed by atoms with E-state index in [1.807, 2.05) is 84.0 Å². The predicted molar refractivity (Wildman–Crippen MR) is 115 cm³/mol. The van der Waals surface area contributed by atoms with Gasteiger partial charge in [0, 0.05) is 0 Å². The molecule has 2 N–H and O–H groups in total. The van der Waals surface area contributed by atoms with Crippen LogP contribution in [0.2, 0.25) is 0 Å². The Kier molecular flexibility index (Phi) is 5.53. The van der Waals surface area contributed by atoms with Crippen molar-refractivity contribution in [2.75, 3.05) is 0 Å². The number of carbonyl (C=O) groups is 2. The van der Waals surface area contributed by atoms with Gasteiger partial charge in [0.25, 0.3) is 0 Å². The van der Waals surface area contributed by atoms with E-state index >= 15 is 0 Å². The lowest BCUT2D eigenvalue weighted by Gasteiger charge is -2.37. The Morgan fingerprint density at radius 1 is 1.03 bits per heavy atom. The number of primary amides is 1. The van der Waals surface area contributed by atoms with Crippen LogP contribution < -0.4 is 10.3 Å². The Labute approximate surface area is 177 Å². The molecule has 154 valence electrons. The fraction of sp³-hybridized carbons (Fsp3) is 0.320. The first-order valence-electron chi connectivity index (χ1n) is 10.5. The van der Waals surface area contributed by atoms with Crippen LogP contribution in [0.25, 0.3) is 0 Å². The normalized spacial score (nSPS) is 19.0. The molecule has 2 atom stereocenters. The summed E-state index contributed by atoms with van der Waals surface area (Å²) in [7, 11) is 0. The molecule has 4 rings (SSSR count). The van der Waals surface area contributed by atoms with Crippen LogP contribution in [0, 0.1) is 5.92 Å². The highest BCUT2D eigenvalue weighted by atomic mass is 16.1. The average Bonchev–Trinajstić information content (AvgIpc) is 3.40. The summed E-state index contributed by atoms with van der Waals surface area (Å²) in [6.45, 7) is 1.97. The smallest absolute Gasteiger partial charge is 0.244 e. The maximum absolute atomic E-state index is 13.2. The number of nitrogens with two attached hydrogens (primary N) is 1. The monoisotopic (exact) mass is 402 g/mol. The van der Waals surface area contributed by atoms with Crippen LogP contribution in [0.15, 0.2) is 79.4 Å². The predicted octanol–water partition coefficient (Wildman–Crippen LogP) is 3.18. The van der Waals surface area contributed by atoms with Crippen molar-refractivity contribution < 1.29 is 14.2 Å². The van der Waals surface area contributed by atoms with E-state index < -0.39 is 5.41 Å². The van der Waals surface area contributed by atoms with Crippen molar-refractivity contribution in [3.8, 4) is 0 Å². The molecule has 1 aliphatic carbocycles. The number of benzene rings is 2. The summed E-state index contributed by atoms with van der Waals surface area (Å²) in [4.78, 5) is 24.6. The molecule has 1 aromatic heterocycles. The van der Waals surface area contributed by atoms with Crippen LogP contribution in [0.5, 0.6) is 0 Å². The van der Waals surface area contributed by atoms with Gasteiger partial charge < -0.3 is 5.73 Å². The number of hydrogen-bond acceptors (Lipinski definition) is 2. The van der Waals surface area contributed by atoms with Gasteiger partial charge in [-0.15, -0.1) is 0 Å². The van der Waals surface area contributed by atoms with E-state index in [9.17, 15) is 9.59 Å². The molecule has 0 radical (unpaired) electrons. The van der Waals surface area contributed by atoms with Gasteiger partial charge in [0.05, 0.1) is 0 Å². The third-order valence-corrected chi connectivity index (χ3v) is 6.40. The molecular formula is C25H28N3O2+. The fourth-order valence-electron chi connectivity index (χ4n) is 5.13. The first-order chi connectivity index (χ1) is 14.5. The standard InChI is InChI=1S/C25H27N3O2/c1-19(29)17-27-14-15-28(18-27)23-13-12-22(16-23)25(24(26)30,20-8-4-2-5-9-20)21-10-6-3-7-11-21/h2-11,14-15,18,22-23H,12-13,16-17H2,1H3,(H-,26,30)/p+1. The van der Waals surface area contributed by atoms with Gasteiger partial charge in [0.15, 0.2) is 5.78 Å². The van der Waals surface area contributed by atoms with Crippen molar-refractivity contribution in [3.63, 3.8) is 0 Å². The lowest BCUT2D eigenvalue weighted by molar-refractivity contribution is -0.683. The van der Waals surface area contributed by atoms with Gasteiger partial charge >= 0.3 is 0 Å². The number of ketones is 1. The quantitative estimate of drug-likeness (QED) is 0.617. The molecule has 0 aliphatic heterocycles. The van der Waals surface area contributed by atoms with Crippen molar-refractivity contribution in [3.05, 3.63) is 90.5 Å². The van der Waals surface area contributed by atoms with E-state index in [0.717, 1.165) is 30.4 Å². The minimum Gasteiger partial charge on any atom is -0.369 e. The molecule has 1 amide bonds. The van der Waals surface area contributed by atoms with Gasteiger partial charge in [0.2, 0.25) is 12.2 Å². The number of aromatic nitrogens is 2. The van der Waals surface area contributed by atoms with Crippen LogP contribution in [-0.4, -0.2) is 16.3 Å². The number of nitrogens with zero attached hydrogens (tertiary/aromatic N) is 2. The Morgan fingerprint density at radius 2 is 1.63 bits per heavy atom. The molecule has 0 saturated heterocycles. The molecule has 1 aliphatic rings. The highest BCUT2D eigenvalue weighted by Gasteiger charge is 2.50. The van der Waals surface area contributed by atoms with E-state index in [4.69, 9.17) is 5.73 Å². The van der Waals surface area contributed by atoms with E-state index in [0.29, 0.717) is 6.54 Å². The highest BCUT2D eigenvalue weighted by Crippen LogP contribution is 2.49. The molecule has 0 bridgehead atoms. The SMILES string of the molecule is CC(=O)C[n+]1ccn(C2CCC(C(C(N)=O)(c3ccccc3)c3ccccc3)C2)c1. The van der Waals surface area contributed by atoms with Gasteiger partial charge in [0.1, 0.15) is 30.4 Å². The van der Waals surface area contributed by atoms with E-state index in [1.54, 1.807) is 6.92 Å². The topological polar surface area (TPSA) is 69.0 Å². The summed E-state index contributed by atoms with van der Waals surface area (Å²) in [5.74, 6) is -0.0823. The molecule has 30 heavy (non-hydrogen) atoms. The molecule has 1 saturated carbocycles. The van der Waals surface area contributed by atoms with Crippen LogP contribution in [0.1, 0.15) is 43.4 Å². The summed E-state index contributed by atoms with van der Waals surface area (Å²) in [6.07, 6.45) is 8.67. The van der Waals surface area contributed by atoms with Crippen LogP contribution >= 0.6 is 0 Å². The average molecular weight is 403 g/mol. The van der Waals surface area contributed by atoms with Crippen molar-refractivity contribution in [1.82, 2.24) is 4.57 Å². The molecule has 1 heterocycles.